The maximum Gasteiger partial charge on any atom is 0.136 e. The van der Waals surface area contributed by atoms with Crippen molar-refractivity contribution < 1.29 is 14.3 Å². The Labute approximate surface area is 208 Å². The molecule has 0 aromatic heterocycles. The standard InChI is InChI=1S/C31H50O3/c1-19(32)21-11-16-31(20(2)33)18-17-29(6)22(26(21)31)9-10-24-28(5)14-13-25(34-8)27(3,4)23(28)12-15-30(24,29)7/h21-26H,9-18H2,1-8H3/t21-,22?,23?,24?,25-,26?,28-,29+,30+,31+/m0/s1. The molecule has 0 amide bonds. The lowest BCUT2D eigenvalue weighted by atomic mass is 9.32. The number of carbonyl (C=O) groups excluding carboxylic acids is 2. The van der Waals surface area contributed by atoms with Gasteiger partial charge in [0.25, 0.3) is 0 Å². The molecule has 34 heavy (non-hydrogen) atoms. The summed E-state index contributed by atoms with van der Waals surface area (Å²) < 4.78 is 6.02. The van der Waals surface area contributed by atoms with E-state index in [4.69, 9.17) is 4.74 Å². The van der Waals surface area contributed by atoms with Crippen LogP contribution in [0, 0.1) is 56.7 Å². The highest BCUT2D eigenvalue weighted by atomic mass is 16.5. The van der Waals surface area contributed by atoms with Crippen molar-refractivity contribution in [3.8, 4) is 0 Å². The number of rotatable bonds is 3. The summed E-state index contributed by atoms with van der Waals surface area (Å²) in [6.07, 6.45) is 11.9. The zero-order valence-corrected chi connectivity index (χ0v) is 23.3. The normalized spacial score (nSPS) is 53.8. The fraction of sp³-hybridized carbons (Fsp3) is 0.935. The molecule has 5 fully saturated rings. The molecule has 0 spiro atoms. The molecule has 0 radical (unpaired) electrons. The topological polar surface area (TPSA) is 43.4 Å². The molecule has 0 aromatic rings. The highest BCUT2D eigenvalue weighted by molar-refractivity contribution is 5.86. The van der Waals surface area contributed by atoms with Gasteiger partial charge in [-0.25, -0.2) is 0 Å². The van der Waals surface area contributed by atoms with Gasteiger partial charge in [0, 0.05) is 18.4 Å². The van der Waals surface area contributed by atoms with Crippen LogP contribution in [0.5, 0.6) is 0 Å². The molecule has 0 saturated heterocycles. The number of Topliss-reactive ketones (excluding diaryl/α,β-unsaturated/α-hetero) is 2. The van der Waals surface area contributed by atoms with Gasteiger partial charge in [-0.2, -0.15) is 0 Å². The van der Waals surface area contributed by atoms with E-state index >= 15 is 0 Å². The third-order valence-electron chi connectivity index (χ3n) is 13.9. The van der Waals surface area contributed by atoms with Crippen molar-refractivity contribution in [2.75, 3.05) is 7.11 Å². The number of ketones is 2. The molecule has 0 bridgehead atoms. The van der Waals surface area contributed by atoms with Gasteiger partial charge >= 0.3 is 0 Å². The van der Waals surface area contributed by atoms with Gasteiger partial charge in [0.2, 0.25) is 0 Å². The third kappa shape index (κ3) is 2.86. The van der Waals surface area contributed by atoms with Crippen molar-refractivity contribution in [2.45, 2.75) is 119 Å². The Morgan fingerprint density at radius 3 is 2.06 bits per heavy atom. The van der Waals surface area contributed by atoms with E-state index in [9.17, 15) is 9.59 Å². The Balaban J connectivity index is 1.55. The van der Waals surface area contributed by atoms with E-state index in [-0.39, 0.29) is 33.5 Å². The highest BCUT2D eigenvalue weighted by Crippen LogP contribution is 2.77. The first-order chi connectivity index (χ1) is 15.8. The van der Waals surface area contributed by atoms with Crippen LogP contribution in [0.1, 0.15) is 113 Å². The largest absolute Gasteiger partial charge is 0.381 e. The number of hydrogen-bond acceptors (Lipinski definition) is 3. The van der Waals surface area contributed by atoms with E-state index < -0.39 is 0 Å². The summed E-state index contributed by atoms with van der Waals surface area (Å²) in [4.78, 5) is 26.0. The zero-order chi connectivity index (χ0) is 24.9. The van der Waals surface area contributed by atoms with Gasteiger partial charge in [0.05, 0.1) is 6.10 Å². The van der Waals surface area contributed by atoms with Crippen molar-refractivity contribution >= 4 is 11.6 Å². The quantitative estimate of drug-likeness (QED) is 0.436. The summed E-state index contributed by atoms with van der Waals surface area (Å²) in [5, 5.41) is 0. The molecule has 0 aromatic carbocycles. The number of fused-ring (bicyclic) bond motifs is 7. The van der Waals surface area contributed by atoms with Crippen LogP contribution < -0.4 is 0 Å². The Morgan fingerprint density at radius 1 is 0.735 bits per heavy atom. The number of carbonyl (C=O) groups is 2. The van der Waals surface area contributed by atoms with Crippen LogP contribution in [0.2, 0.25) is 0 Å². The van der Waals surface area contributed by atoms with Crippen molar-refractivity contribution in [3.05, 3.63) is 0 Å². The van der Waals surface area contributed by atoms with E-state index in [0.717, 1.165) is 31.6 Å². The average molecular weight is 471 g/mol. The number of ether oxygens (including phenoxy) is 1. The molecule has 0 aliphatic heterocycles. The van der Waals surface area contributed by atoms with Gasteiger partial charge in [-0.1, -0.05) is 34.6 Å². The molecular weight excluding hydrogens is 420 g/mol. The Morgan fingerprint density at radius 2 is 1.44 bits per heavy atom. The number of hydrogen-bond donors (Lipinski definition) is 0. The minimum absolute atomic E-state index is 0.0941. The minimum atomic E-state index is -0.233. The summed E-state index contributed by atoms with van der Waals surface area (Å²) in [6.45, 7) is 16.4. The Kier molecular flexibility index (Phi) is 5.62. The molecule has 4 unspecified atom stereocenters. The molecule has 10 atom stereocenters. The van der Waals surface area contributed by atoms with Gasteiger partial charge < -0.3 is 4.74 Å². The maximum atomic E-state index is 13.2. The van der Waals surface area contributed by atoms with Crippen LogP contribution in [0.4, 0.5) is 0 Å². The molecule has 5 saturated carbocycles. The van der Waals surface area contributed by atoms with Crippen molar-refractivity contribution in [1.82, 2.24) is 0 Å². The van der Waals surface area contributed by atoms with Gasteiger partial charge in [0.1, 0.15) is 11.6 Å². The number of methoxy groups -OCH3 is 1. The molecule has 5 aliphatic carbocycles. The molecule has 192 valence electrons. The van der Waals surface area contributed by atoms with Gasteiger partial charge in [-0.3, -0.25) is 9.59 Å². The second-order valence-corrected chi connectivity index (χ2v) is 14.7. The highest BCUT2D eigenvalue weighted by Gasteiger charge is 2.71. The lowest BCUT2D eigenvalue weighted by Crippen LogP contribution is -2.67. The second-order valence-electron chi connectivity index (χ2n) is 14.7. The lowest BCUT2D eigenvalue weighted by molar-refractivity contribution is -0.248. The summed E-state index contributed by atoms with van der Waals surface area (Å²) >= 11 is 0. The van der Waals surface area contributed by atoms with E-state index in [1.807, 2.05) is 14.0 Å². The molecule has 5 aliphatic rings. The minimum Gasteiger partial charge on any atom is -0.381 e. The van der Waals surface area contributed by atoms with Crippen molar-refractivity contribution in [3.63, 3.8) is 0 Å². The van der Waals surface area contributed by atoms with Crippen molar-refractivity contribution in [2.24, 2.45) is 56.7 Å². The summed E-state index contributed by atoms with van der Waals surface area (Å²) in [6, 6.07) is 0. The van der Waals surface area contributed by atoms with Crippen LogP contribution >= 0.6 is 0 Å². The molecule has 0 N–H and O–H groups in total. The summed E-state index contributed by atoms with van der Waals surface area (Å²) in [5.74, 6) is 2.99. The van der Waals surface area contributed by atoms with Crippen molar-refractivity contribution in [1.29, 1.82) is 0 Å². The first kappa shape index (κ1) is 25.0. The van der Waals surface area contributed by atoms with Crippen LogP contribution in [0.15, 0.2) is 0 Å². The monoisotopic (exact) mass is 470 g/mol. The fourth-order valence-electron chi connectivity index (χ4n) is 12.0. The molecule has 5 rings (SSSR count). The zero-order valence-electron chi connectivity index (χ0n) is 23.3. The Bertz CT molecular complexity index is 876. The van der Waals surface area contributed by atoms with E-state index in [1.54, 1.807) is 6.92 Å². The van der Waals surface area contributed by atoms with Gasteiger partial charge in [0.15, 0.2) is 0 Å². The fourth-order valence-corrected chi connectivity index (χ4v) is 12.0. The molecule has 3 heteroatoms. The predicted molar refractivity (Wildman–Crippen MR) is 136 cm³/mol. The van der Waals surface area contributed by atoms with Crippen LogP contribution in [-0.2, 0) is 14.3 Å². The second kappa shape index (κ2) is 7.65. The van der Waals surface area contributed by atoms with E-state index in [0.29, 0.717) is 34.9 Å². The third-order valence-corrected chi connectivity index (χ3v) is 13.9. The lowest BCUT2D eigenvalue weighted by Gasteiger charge is -2.73. The Hall–Kier alpha value is -0.700. The maximum absolute atomic E-state index is 13.2. The van der Waals surface area contributed by atoms with E-state index in [1.165, 1.54) is 38.5 Å². The molecule has 0 heterocycles. The van der Waals surface area contributed by atoms with E-state index in [2.05, 4.69) is 34.6 Å². The summed E-state index contributed by atoms with van der Waals surface area (Å²) in [5.41, 5.74) is 0.827. The SMILES string of the molecule is CO[C@H]1CC[C@@]2(C)C(CC[C@]3(C)C2CCC2C4[C@H](C(C)=O)CC[C@]4(C(C)=O)CC[C@]23C)C1(C)C. The molecule has 3 nitrogen and oxygen atoms in total. The first-order valence-corrected chi connectivity index (χ1v) is 14.3. The van der Waals surface area contributed by atoms with Gasteiger partial charge in [-0.15, -0.1) is 0 Å². The molecular formula is C31H50O3. The smallest absolute Gasteiger partial charge is 0.136 e. The first-order valence-electron chi connectivity index (χ1n) is 14.3. The average Bonchev–Trinajstić information content (AvgIpc) is 3.15. The van der Waals surface area contributed by atoms with Gasteiger partial charge in [-0.05, 0) is 123 Å². The predicted octanol–water partition coefficient (Wildman–Crippen LogP) is 7.26. The van der Waals surface area contributed by atoms with Crippen LogP contribution in [0.25, 0.3) is 0 Å². The van der Waals surface area contributed by atoms with Crippen LogP contribution in [0.3, 0.4) is 0 Å². The summed E-state index contributed by atoms with van der Waals surface area (Å²) in [7, 11) is 1.91. The van der Waals surface area contributed by atoms with Crippen LogP contribution in [-0.4, -0.2) is 24.8 Å².